The zero-order valence-corrected chi connectivity index (χ0v) is 23.8. The maximum absolute atomic E-state index is 5.71. The summed E-state index contributed by atoms with van der Waals surface area (Å²) in [6.45, 7) is 24.3. The van der Waals surface area contributed by atoms with Crippen LogP contribution in [0.4, 0.5) is 0 Å². The van der Waals surface area contributed by atoms with Crippen LogP contribution in [0.5, 0.6) is 0 Å². The minimum atomic E-state index is -0.444. The second-order valence-corrected chi connectivity index (χ2v) is 9.44. The summed E-state index contributed by atoms with van der Waals surface area (Å²) in [5, 5.41) is 0. The number of fused-ring (bicyclic) bond motifs is 6. The molecule has 3 unspecified atom stereocenters. The Hall–Kier alpha value is -0.760. The third-order valence-electron chi connectivity index (χ3n) is 5.08. The lowest BCUT2D eigenvalue weighted by Crippen LogP contribution is -2.30. The van der Waals surface area contributed by atoms with Crippen molar-refractivity contribution in [3.8, 4) is 0 Å². The monoisotopic (exact) mass is 484 g/mol. The lowest BCUT2D eigenvalue weighted by Gasteiger charge is -2.15. The molecule has 4 heterocycles. The van der Waals surface area contributed by atoms with Gasteiger partial charge in [-0.15, -0.1) is 0 Å². The summed E-state index contributed by atoms with van der Waals surface area (Å²) < 4.78 is 33.5. The van der Waals surface area contributed by atoms with Gasteiger partial charge in [0, 0.05) is 0 Å². The molecule has 0 aromatic carbocycles. The third-order valence-corrected chi connectivity index (χ3v) is 5.08. The Morgan fingerprint density at radius 3 is 1.03 bits per heavy atom. The molecule has 0 bridgehead atoms. The molecule has 4 fully saturated rings. The van der Waals surface area contributed by atoms with Crippen molar-refractivity contribution in [2.45, 2.75) is 156 Å². The number of hydrogen-bond donors (Lipinski definition) is 0. The van der Waals surface area contributed by atoms with Gasteiger partial charge in [-0.2, -0.15) is 0 Å². The molecule has 0 N–H and O–H groups in total. The molecule has 4 saturated heterocycles. The molecule has 200 valence electrons. The van der Waals surface area contributed by atoms with Crippen molar-refractivity contribution in [2.75, 3.05) is 0 Å². The van der Waals surface area contributed by atoms with E-state index in [2.05, 4.69) is 39.8 Å². The third kappa shape index (κ3) is 8.72. The van der Waals surface area contributed by atoms with Crippen molar-refractivity contribution in [3.05, 3.63) is 24.3 Å². The molecular formula is C28H52O6. The fourth-order valence-corrected chi connectivity index (χ4v) is 3.99. The van der Waals surface area contributed by atoms with Gasteiger partial charge in [0.25, 0.3) is 0 Å². The summed E-state index contributed by atoms with van der Waals surface area (Å²) in [7, 11) is 0. The van der Waals surface area contributed by atoms with E-state index in [4.69, 9.17) is 28.4 Å². The van der Waals surface area contributed by atoms with Crippen LogP contribution in [0.25, 0.3) is 0 Å². The number of ether oxygens (including phenoxy) is 6. The van der Waals surface area contributed by atoms with E-state index in [1.807, 2.05) is 67.5 Å². The lowest BCUT2D eigenvalue weighted by molar-refractivity contribution is -0.145. The molecule has 6 heteroatoms. The summed E-state index contributed by atoms with van der Waals surface area (Å²) in [6, 6.07) is 0. The van der Waals surface area contributed by atoms with Gasteiger partial charge in [-0.25, -0.2) is 0 Å². The first-order valence-corrected chi connectivity index (χ1v) is 13.5. The van der Waals surface area contributed by atoms with Crippen LogP contribution in [0, 0.1) is 0 Å². The van der Waals surface area contributed by atoms with Gasteiger partial charge in [0.05, 0.1) is 0 Å². The van der Waals surface area contributed by atoms with Gasteiger partial charge in [0.2, 0.25) is 0 Å². The second-order valence-electron chi connectivity index (χ2n) is 9.44. The van der Waals surface area contributed by atoms with Crippen LogP contribution in [0.3, 0.4) is 0 Å². The molecule has 0 amide bonds. The Morgan fingerprint density at radius 2 is 0.735 bits per heavy atom. The van der Waals surface area contributed by atoms with Crippen LogP contribution in [0.1, 0.15) is 95.9 Å². The van der Waals surface area contributed by atoms with Gasteiger partial charge < -0.3 is 28.4 Å². The molecule has 0 radical (unpaired) electrons. The Bertz CT molecular complexity index is 574. The highest BCUT2D eigenvalue weighted by molar-refractivity contribution is 5.19. The van der Waals surface area contributed by atoms with Crippen LogP contribution in [0.2, 0.25) is 0 Å². The first-order chi connectivity index (χ1) is 16.1. The fraction of sp³-hybridized carbons (Fsp3) is 0.857. The van der Waals surface area contributed by atoms with E-state index < -0.39 is 11.6 Å². The Balaban J connectivity index is 0.000000249. The van der Waals surface area contributed by atoms with Crippen LogP contribution >= 0.6 is 0 Å². The minimum absolute atomic E-state index is 0.101. The molecule has 6 aliphatic rings. The van der Waals surface area contributed by atoms with Crippen LogP contribution in [0.15, 0.2) is 24.3 Å². The van der Waals surface area contributed by atoms with Crippen molar-refractivity contribution >= 4 is 0 Å². The fourth-order valence-electron chi connectivity index (χ4n) is 3.99. The largest absolute Gasteiger partial charge is 0.362 e. The maximum atomic E-state index is 5.71. The van der Waals surface area contributed by atoms with E-state index in [1.54, 1.807) is 0 Å². The van der Waals surface area contributed by atoms with Gasteiger partial charge in [-0.3, -0.25) is 0 Å². The highest BCUT2D eigenvalue weighted by Crippen LogP contribution is 2.43. The molecule has 6 nitrogen and oxygen atoms in total. The molecule has 0 aromatic heterocycles. The van der Waals surface area contributed by atoms with Crippen molar-refractivity contribution < 1.29 is 28.4 Å². The predicted octanol–water partition coefficient (Wildman–Crippen LogP) is 6.57. The average molecular weight is 485 g/mol. The van der Waals surface area contributed by atoms with E-state index in [-0.39, 0.29) is 36.6 Å². The highest BCUT2D eigenvalue weighted by Gasteiger charge is 2.57. The lowest BCUT2D eigenvalue weighted by atomic mass is 10.0. The Kier molecular flexibility index (Phi) is 13.0. The van der Waals surface area contributed by atoms with Gasteiger partial charge in [0.1, 0.15) is 48.8 Å². The van der Waals surface area contributed by atoms with Crippen LogP contribution in [-0.2, 0) is 28.4 Å². The van der Waals surface area contributed by atoms with Gasteiger partial charge in [-0.05, 0) is 27.7 Å². The summed E-state index contributed by atoms with van der Waals surface area (Å²) >= 11 is 0. The molecule has 4 aliphatic heterocycles. The number of rotatable bonds is 0. The summed E-state index contributed by atoms with van der Waals surface area (Å²) in [6.07, 6.45) is 12.3. The molecular weight excluding hydrogens is 432 g/mol. The van der Waals surface area contributed by atoms with Crippen molar-refractivity contribution in [3.63, 3.8) is 0 Å². The average Bonchev–Trinajstić information content (AvgIpc) is 3.69. The SMILES string of the molecule is CC.CC.CC1(C)O[C@H]2C=CC3OC3[C@H]2O1.CC1(C)O[C@H]2[C@@H]3OC3C=C[C@H]2O1.CCC.CCC. The van der Waals surface area contributed by atoms with E-state index in [0.717, 1.165) is 0 Å². The molecule has 6 rings (SSSR count). The van der Waals surface area contributed by atoms with E-state index in [9.17, 15) is 0 Å². The van der Waals surface area contributed by atoms with Gasteiger partial charge in [0.15, 0.2) is 11.6 Å². The van der Waals surface area contributed by atoms with E-state index >= 15 is 0 Å². The zero-order valence-electron chi connectivity index (χ0n) is 23.8. The summed E-state index contributed by atoms with van der Waals surface area (Å²) in [5.74, 6) is -0.888. The topological polar surface area (TPSA) is 62.0 Å². The number of epoxide rings is 2. The van der Waals surface area contributed by atoms with E-state index in [0.29, 0.717) is 12.2 Å². The summed E-state index contributed by atoms with van der Waals surface area (Å²) in [5.41, 5.74) is 0. The number of hydrogen-bond acceptors (Lipinski definition) is 6. The first-order valence-electron chi connectivity index (χ1n) is 13.5. The molecule has 0 aromatic rings. The van der Waals surface area contributed by atoms with Crippen LogP contribution < -0.4 is 0 Å². The smallest absolute Gasteiger partial charge is 0.164 e. The minimum Gasteiger partial charge on any atom is -0.362 e. The standard InChI is InChI=1S/2C9H12O3.2C3H8.2C2H6/c2*1-9(2)11-6-4-3-5-7(10-5)8(6)12-9;2*1-3-2;2*1-2/h2*3-8H,1-2H3;2*3H2,1-2H3;2*1-2H3/t5?,6-,7?,8-;5?,6-,7-,8-;;;;/m01..../s1. The molecule has 0 spiro atoms. The first kappa shape index (κ1) is 31.3. The zero-order chi connectivity index (χ0) is 26.1. The summed E-state index contributed by atoms with van der Waals surface area (Å²) in [4.78, 5) is 0. The Labute approximate surface area is 209 Å². The maximum Gasteiger partial charge on any atom is 0.164 e. The quantitative estimate of drug-likeness (QED) is 0.286. The molecule has 2 aliphatic carbocycles. The Morgan fingerprint density at radius 1 is 0.471 bits per heavy atom. The van der Waals surface area contributed by atoms with Crippen molar-refractivity contribution in [2.24, 2.45) is 0 Å². The van der Waals surface area contributed by atoms with Crippen molar-refractivity contribution in [1.29, 1.82) is 0 Å². The van der Waals surface area contributed by atoms with Crippen molar-refractivity contribution in [1.82, 2.24) is 0 Å². The van der Waals surface area contributed by atoms with Gasteiger partial charge in [-0.1, -0.05) is 92.5 Å². The molecule has 34 heavy (non-hydrogen) atoms. The molecule has 8 atom stereocenters. The van der Waals surface area contributed by atoms with Crippen LogP contribution in [-0.4, -0.2) is 60.4 Å². The normalized spacial score (nSPS) is 38.9. The predicted molar refractivity (Wildman–Crippen MR) is 138 cm³/mol. The highest BCUT2D eigenvalue weighted by atomic mass is 16.8. The van der Waals surface area contributed by atoms with Gasteiger partial charge >= 0.3 is 0 Å². The molecule has 0 saturated carbocycles. The second kappa shape index (κ2) is 14.1. The van der Waals surface area contributed by atoms with E-state index in [1.165, 1.54) is 12.8 Å².